The Morgan fingerprint density at radius 3 is 1.35 bits per heavy atom. The Kier molecular flexibility index (Phi) is 3.79. The number of ether oxygens (including phenoxy) is 1. The topological polar surface area (TPSA) is 9.23 Å². The van der Waals surface area contributed by atoms with E-state index in [9.17, 15) is 0 Å². The molecule has 0 saturated carbocycles. The summed E-state index contributed by atoms with van der Waals surface area (Å²) < 4.78 is 6.10. The van der Waals surface area contributed by atoms with Crippen LogP contribution in [0, 0.1) is 6.10 Å². The highest BCUT2D eigenvalue weighted by Gasteiger charge is 2.17. The smallest absolute Gasteiger partial charge is 0.207 e. The molecule has 0 fully saturated rings. The molecule has 0 saturated heterocycles. The zero-order valence-corrected chi connectivity index (χ0v) is 11.1. The number of benzene rings is 3. The van der Waals surface area contributed by atoms with Crippen molar-refractivity contribution in [3.8, 4) is 5.75 Å². The van der Waals surface area contributed by atoms with Gasteiger partial charge in [0.05, 0.1) is 0 Å². The largest absolute Gasteiger partial charge is 0.473 e. The Balaban J connectivity index is 1.96. The van der Waals surface area contributed by atoms with Crippen LogP contribution in [-0.2, 0) is 0 Å². The maximum Gasteiger partial charge on any atom is 0.207 e. The average molecular weight is 259 g/mol. The first-order valence-electron chi connectivity index (χ1n) is 6.64. The lowest BCUT2D eigenvalue weighted by Crippen LogP contribution is -2.10. The van der Waals surface area contributed by atoms with E-state index in [2.05, 4.69) is 24.3 Å². The molecule has 3 aromatic rings. The SMILES string of the molecule is c1ccc(O[C](c2ccccc2)c2ccccc2)cc1. The van der Waals surface area contributed by atoms with Gasteiger partial charge in [-0.1, -0.05) is 78.9 Å². The summed E-state index contributed by atoms with van der Waals surface area (Å²) in [6, 6.07) is 30.2. The molecule has 0 unspecified atom stereocenters. The molecule has 0 bridgehead atoms. The lowest BCUT2D eigenvalue weighted by atomic mass is 10.0. The molecule has 0 atom stereocenters. The van der Waals surface area contributed by atoms with Crippen LogP contribution in [0.15, 0.2) is 91.0 Å². The standard InChI is InChI=1S/C19H15O/c1-4-10-16(11-5-1)19(17-12-6-2-7-13-17)20-18-14-8-3-9-15-18/h1-15H. The molecule has 0 spiro atoms. The second-order valence-electron chi connectivity index (χ2n) is 4.48. The van der Waals surface area contributed by atoms with Crippen molar-refractivity contribution < 1.29 is 4.74 Å². The van der Waals surface area contributed by atoms with Gasteiger partial charge in [0.1, 0.15) is 5.75 Å². The minimum absolute atomic E-state index is 0.843. The maximum atomic E-state index is 6.10. The highest BCUT2D eigenvalue weighted by Crippen LogP contribution is 2.27. The fourth-order valence-corrected chi connectivity index (χ4v) is 2.07. The van der Waals surface area contributed by atoms with Gasteiger partial charge in [0.25, 0.3) is 0 Å². The van der Waals surface area contributed by atoms with Gasteiger partial charge in [-0.3, -0.25) is 0 Å². The lowest BCUT2D eigenvalue weighted by molar-refractivity contribution is 0.375. The summed E-state index contributed by atoms with van der Waals surface area (Å²) in [5.41, 5.74) is 2.14. The maximum absolute atomic E-state index is 6.10. The van der Waals surface area contributed by atoms with Gasteiger partial charge in [-0.2, -0.15) is 0 Å². The summed E-state index contributed by atoms with van der Waals surface area (Å²) in [6.07, 6.45) is 0.873. The first kappa shape index (κ1) is 12.5. The summed E-state index contributed by atoms with van der Waals surface area (Å²) >= 11 is 0. The van der Waals surface area contributed by atoms with Crippen molar-refractivity contribution in [3.63, 3.8) is 0 Å². The van der Waals surface area contributed by atoms with Crippen molar-refractivity contribution in [2.24, 2.45) is 0 Å². The van der Waals surface area contributed by atoms with E-state index in [-0.39, 0.29) is 0 Å². The van der Waals surface area contributed by atoms with Crippen LogP contribution in [0.1, 0.15) is 11.1 Å². The van der Waals surface area contributed by atoms with E-state index in [1.165, 1.54) is 0 Å². The fraction of sp³-hybridized carbons (Fsp3) is 0. The second-order valence-corrected chi connectivity index (χ2v) is 4.48. The Hall–Kier alpha value is -2.54. The summed E-state index contributed by atoms with van der Waals surface area (Å²) in [5, 5.41) is 0. The molecule has 0 aliphatic rings. The van der Waals surface area contributed by atoms with E-state index in [1.807, 2.05) is 66.7 Å². The molecular weight excluding hydrogens is 244 g/mol. The normalized spacial score (nSPS) is 10.4. The molecule has 0 heterocycles. The number of rotatable bonds is 4. The van der Waals surface area contributed by atoms with Gasteiger partial charge in [0.2, 0.25) is 6.10 Å². The third kappa shape index (κ3) is 2.89. The third-order valence-electron chi connectivity index (χ3n) is 3.04. The van der Waals surface area contributed by atoms with Crippen molar-refractivity contribution in [1.29, 1.82) is 0 Å². The van der Waals surface area contributed by atoms with Crippen molar-refractivity contribution >= 4 is 0 Å². The average Bonchev–Trinajstić information content (AvgIpc) is 2.55. The highest BCUT2D eigenvalue weighted by molar-refractivity contribution is 5.44. The van der Waals surface area contributed by atoms with E-state index in [0.29, 0.717) is 0 Å². The minimum atomic E-state index is 0.843. The van der Waals surface area contributed by atoms with E-state index in [0.717, 1.165) is 23.0 Å². The Morgan fingerprint density at radius 2 is 0.900 bits per heavy atom. The zero-order valence-electron chi connectivity index (χ0n) is 11.1. The molecule has 0 amide bonds. The highest BCUT2D eigenvalue weighted by atomic mass is 16.5. The molecule has 0 aromatic heterocycles. The van der Waals surface area contributed by atoms with E-state index in [4.69, 9.17) is 4.74 Å². The van der Waals surface area contributed by atoms with Gasteiger partial charge in [-0.05, 0) is 12.1 Å². The quantitative estimate of drug-likeness (QED) is 0.660. The second kappa shape index (κ2) is 6.07. The monoisotopic (exact) mass is 259 g/mol. The molecule has 1 heteroatoms. The lowest BCUT2D eigenvalue weighted by Gasteiger charge is -2.18. The first-order valence-corrected chi connectivity index (χ1v) is 6.64. The molecule has 0 N–H and O–H groups in total. The number of hydrogen-bond donors (Lipinski definition) is 0. The Labute approximate surface area is 119 Å². The van der Waals surface area contributed by atoms with Crippen LogP contribution in [0.3, 0.4) is 0 Å². The zero-order chi connectivity index (χ0) is 13.6. The van der Waals surface area contributed by atoms with Gasteiger partial charge in [0.15, 0.2) is 0 Å². The Bertz CT molecular complexity index is 593. The van der Waals surface area contributed by atoms with Crippen LogP contribution in [0.25, 0.3) is 0 Å². The summed E-state index contributed by atoms with van der Waals surface area (Å²) in [4.78, 5) is 0. The van der Waals surface area contributed by atoms with Gasteiger partial charge in [-0.15, -0.1) is 0 Å². The van der Waals surface area contributed by atoms with E-state index in [1.54, 1.807) is 0 Å². The molecular formula is C19H15O. The van der Waals surface area contributed by atoms with Crippen molar-refractivity contribution in [2.75, 3.05) is 0 Å². The first-order chi connectivity index (χ1) is 9.93. The van der Waals surface area contributed by atoms with Crippen LogP contribution >= 0.6 is 0 Å². The molecule has 0 aliphatic carbocycles. The molecule has 1 nitrogen and oxygen atoms in total. The van der Waals surface area contributed by atoms with Gasteiger partial charge >= 0.3 is 0 Å². The van der Waals surface area contributed by atoms with Gasteiger partial charge in [0, 0.05) is 11.1 Å². The van der Waals surface area contributed by atoms with Crippen LogP contribution in [0.5, 0.6) is 5.75 Å². The summed E-state index contributed by atoms with van der Waals surface area (Å²) in [5.74, 6) is 0.843. The molecule has 97 valence electrons. The van der Waals surface area contributed by atoms with Crippen LogP contribution in [0.4, 0.5) is 0 Å². The molecule has 1 radical (unpaired) electrons. The van der Waals surface area contributed by atoms with Crippen molar-refractivity contribution in [3.05, 3.63) is 108 Å². The predicted molar refractivity (Wildman–Crippen MR) is 81.4 cm³/mol. The van der Waals surface area contributed by atoms with Crippen LogP contribution in [-0.4, -0.2) is 0 Å². The molecule has 3 aromatic carbocycles. The van der Waals surface area contributed by atoms with Gasteiger partial charge in [-0.25, -0.2) is 0 Å². The number of hydrogen-bond acceptors (Lipinski definition) is 1. The van der Waals surface area contributed by atoms with Crippen LogP contribution in [0.2, 0.25) is 0 Å². The molecule has 0 aliphatic heterocycles. The van der Waals surface area contributed by atoms with Crippen LogP contribution < -0.4 is 4.74 Å². The summed E-state index contributed by atoms with van der Waals surface area (Å²) in [6.45, 7) is 0. The Morgan fingerprint density at radius 1 is 0.500 bits per heavy atom. The molecule has 3 rings (SSSR count). The van der Waals surface area contributed by atoms with Crippen molar-refractivity contribution in [1.82, 2.24) is 0 Å². The number of para-hydroxylation sites is 1. The van der Waals surface area contributed by atoms with E-state index >= 15 is 0 Å². The van der Waals surface area contributed by atoms with Gasteiger partial charge < -0.3 is 4.74 Å². The predicted octanol–water partition coefficient (Wildman–Crippen LogP) is 4.69. The summed E-state index contributed by atoms with van der Waals surface area (Å²) in [7, 11) is 0. The third-order valence-corrected chi connectivity index (χ3v) is 3.04. The van der Waals surface area contributed by atoms with Crippen molar-refractivity contribution in [2.45, 2.75) is 0 Å². The fourth-order valence-electron chi connectivity index (χ4n) is 2.07. The van der Waals surface area contributed by atoms with E-state index < -0.39 is 0 Å². The minimum Gasteiger partial charge on any atom is -0.473 e. The molecule has 20 heavy (non-hydrogen) atoms.